The van der Waals surface area contributed by atoms with E-state index in [0.717, 1.165) is 34.7 Å². The lowest BCUT2D eigenvalue weighted by Crippen LogP contribution is -2.68. The molecule has 0 fully saturated rings. The Labute approximate surface area is 153 Å². The van der Waals surface area contributed by atoms with Crippen LogP contribution in [0.15, 0.2) is 34.4 Å². The quantitative estimate of drug-likeness (QED) is 0.684. The summed E-state index contributed by atoms with van der Waals surface area (Å²) in [6, 6.07) is 8.08. The number of rotatable bonds is 3. The van der Waals surface area contributed by atoms with Gasteiger partial charge in [0, 0.05) is 17.9 Å². The van der Waals surface area contributed by atoms with Gasteiger partial charge in [-0.25, -0.2) is 23.1 Å². The molecule has 1 aliphatic carbocycles. The molecule has 0 spiro atoms. The molecule has 0 saturated carbocycles. The lowest BCUT2D eigenvalue weighted by molar-refractivity contribution is -2.00. The van der Waals surface area contributed by atoms with Gasteiger partial charge in [-0.1, -0.05) is 13.8 Å². The molecule has 142 valence electrons. The van der Waals surface area contributed by atoms with Crippen LogP contribution >= 0.6 is 0 Å². The second-order valence-electron chi connectivity index (χ2n) is 6.41. The van der Waals surface area contributed by atoms with E-state index in [-0.39, 0.29) is 5.41 Å². The number of fused-ring (bicyclic) bond motifs is 2. The molecule has 1 heterocycles. The molecular weight excluding hydrogens is 364 g/mol. The molecule has 7 nitrogen and oxygen atoms in total. The Kier molecular flexibility index (Phi) is 6.10. The highest BCUT2D eigenvalue weighted by Gasteiger charge is 2.36. The molecule has 0 aliphatic heterocycles. The molecule has 0 amide bonds. The molecule has 8 heteroatoms. The first-order valence-electron chi connectivity index (χ1n) is 7.94. The molecule has 1 aromatic heterocycles. The van der Waals surface area contributed by atoms with Gasteiger partial charge < -0.3 is 9.47 Å². The van der Waals surface area contributed by atoms with Crippen LogP contribution in [0.5, 0.6) is 5.75 Å². The third-order valence-electron chi connectivity index (χ3n) is 3.97. The fraction of sp³-hybridized carbons (Fsp3) is 0.389. The van der Waals surface area contributed by atoms with E-state index in [1.165, 1.54) is 5.56 Å². The predicted octanol–water partition coefficient (Wildman–Crippen LogP) is 0.0252. The van der Waals surface area contributed by atoms with Crippen molar-refractivity contribution in [3.8, 4) is 5.75 Å². The summed E-state index contributed by atoms with van der Waals surface area (Å²) < 4.78 is 51.1. The molecule has 0 N–H and O–H groups in total. The lowest BCUT2D eigenvalue weighted by Gasteiger charge is -2.27. The highest BCUT2D eigenvalue weighted by atomic mass is 35.7. The molecular formula is C18H21ClO7. The van der Waals surface area contributed by atoms with Crippen LogP contribution in [0.1, 0.15) is 38.5 Å². The van der Waals surface area contributed by atoms with Gasteiger partial charge in [-0.2, -0.15) is 0 Å². The van der Waals surface area contributed by atoms with Crippen LogP contribution in [0.2, 0.25) is 0 Å². The van der Waals surface area contributed by atoms with Gasteiger partial charge in [0.15, 0.2) is 0 Å². The fourth-order valence-electron chi connectivity index (χ4n) is 2.90. The van der Waals surface area contributed by atoms with Crippen molar-refractivity contribution >= 4 is 17.0 Å². The maximum atomic E-state index is 8.49. The van der Waals surface area contributed by atoms with Crippen LogP contribution in [0.25, 0.3) is 17.0 Å². The van der Waals surface area contributed by atoms with Crippen LogP contribution in [-0.2, 0) is 10.2 Å². The van der Waals surface area contributed by atoms with Crippen molar-refractivity contribution in [1.29, 1.82) is 0 Å². The van der Waals surface area contributed by atoms with Gasteiger partial charge in [0.25, 0.3) is 0 Å². The van der Waals surface area contributed by atoms with Crippen molar-refractivity contribution in [2.24, 2.45) is 0 Å². The van der Waals surface area contributed by atoms with Gasteiger partial charge in [-0.15, -0.1) is 10.2 Å². The van der Waals surface area contributed by atoms with Gasteiger partial charge in [0.2, 0.25) is 0 Å². The third-order valence-corrected chi connectivity index (χ3v) is 3.97. The zero-order chi connectivity index (χ0) is 19.5. The number of halogens is 1. The number of ether oxygens (including phenoxy) is 2. The fourth-order valence-corrected chi connectivity index (χ4v) is 2.90. The first-order chi connectivity index (χ1) is 12.0. The summed E-state index contributed by atoms with van der Waals surface area (Å²) in [5.74, 6) is 2.73. The van der Waals surface area contributed by atoms with Crippen molar-refractivity contribution in [3.63, 3.8) is 0 Å². The number of benzene rings is 1. The SMILES string of the molecule is CCOC1=Cc2[o+]c3ccc(OC)cc3cc2C(C)(C)C1.[O-][Cl+3]([O-])([O-])[O-]. The second kappa shape index (κ2) is 7.77. The molecule has 3 rings (SSSR count). The summed E-state index contributed by atoms with van der Waals surface area (Å²) in [5.41, 5.74) is 2.07. The van der Waals surface area contributed by atoms with E-state index >= 15 is 0 Å². The molecule has 2 aromatic rings. The number of hydrogen-bond acceptors (Lipinski definition) is 6. The Morgan fingerprint density at radius 1 is 1.15 bits per heavy atom. The van der Waals surface area contributed by atoms with Crippen molar-refractivity contribution in [3.05, 3.63) is 41.3 Å². The Hall–Kier alpha value is -1.90. The number of methoxy groups -OCH3 is 1. The first-order valence-corrected chi connectivity index (χ1v) is 9.17. The summed E-state index contributed by atoms with van der Waals surface area (Å²) in [6.07, 6.45) is 2.91. The van der Waals surface area contributed by atoms with Gasteiger partial charge >= 0.3 is 11.3 Å². The van der Waals surface area contributed by atoms with Gasteiger partial charge in [0.05, 0.1) is 30.7 Å². The summed E-state index contributed by atoms with van der Waals surface area (Å²) in [7, 11) is -3.27. The Morgan fingerprint density at radius 2 is 1.81 bits per heavy atom. The Morgan fingerprint density at radius 3 is 2.38 bits per heavy atom. The average Bonchev–Trinajstić information content (AvgIpc) is 2.51. The molecule has 0 unspecified atom stereocenters. The first kappa shape index (κ1) is 20.4. The highest BCUT2D eigenvalue weighted by molar-refractivity contribution is 5.81. The van der Waals surface area contributed by atoms with E-state index in [4.69, 9.17) is 32.5 Å². The average molecular weight is 385 g/mol. The molecule has 0 bridgehead atoms. The lowest BCUT2D eigenvalue weighted by atomic mass is 9.77. The van der Waals surface area contributed by atoms with Crippen molar-refractivity contribution in [1.82, 2.24) is 0 Å². The maximum absolute atomic E-state index is 8.49. The van der Waals surface area contributed by atoms with Crippen molar-refractivity contribution in [2.45, 2.75) is 32.6 Å². The van der Waals surface area contributed by atoms with E-state index < -0.39 is 10.2 Å². The van der Waals surface area contributed by atoms with Gasteiger partial charge in [-0.3, -0.25) is 0 Å². The Balaban J connectivity index is 0.000000431. The normalized spacial score (nSPS) is 15.5. The summed E-state index contributed by atoms with van der Waals surface area (Å²) >= 11 is 0. The molecule has 1 aliphatic rings. The highest BCUT2D eigenvalue weighted by Crippen LogP contribution is 2.40. The largest absolute Gasteiger partial charge is 0.498 e. The predicted molar refractivity (Wildman–Crippen MR) is 84.4 cm³/mol. The zero-order valence-corrected chi connectivity index (χ0v) is 15.8. The van der Waals surface area contributed by atoms with Gasteiger partial charge in [0.1, 0.15) is 11.5 Å². The minimum atomic E-state index is -4.94. The molecule has 0 saturated heterocycles. The van der Waals surface area contributed by atoms with Crippen LogP contribution in [0.4, 0.5) is 0 Å². The minimum Gasteiger partial charge on any atom is -0.498 e. The minimum absolute atomic E-state index is 0.00461. The Bertz CT molecular complexity index is 803. The molecule has 0 radical (unpaired) electrons. The van der Waals surface area contributed by atoms with Crippen LogP contribution in [0, 0.1) is 10.2 Å². The molecule has 26 heavy (non-hydrogen) atoms. The topological polar surface area (TPSA) is 122 Å². The number of hydrogen-bond donors (Lipinski definition) is 0. The summed E-state index contributed by atoms with van der Waals surface area (Å²) in [4.78, 5) is 0. The zero-order valence-electron chi connectivity index (χ0n) is 15.0. The van der Waals surface area contributed by atoms with E-state index in [2.05, 4.69) is 19.9 Å². The van der Waals surface area contributed by atoms with Crippen molar-refractivity contribution < 1.29 is 42.8 Å². The second-order valence-corrected chi connectivity index (χ2v) is 7.17. The summed E-state index contributed by atoms with van der Waals surface area (Å²) in [5, 5.41) is 1.06. The smallest absolute Gasteiger partial charge is 0.361 e. The van der Waals surface area contributed by atoms with Crippen LogP contribution < -0.4 is 23.4 Å². The van der Waals surface area contributed by atoms with Crippen LogP contribution in [-0.4, -0.2) is 13.7 Å². The molecule has 1 aromatic carbocycles. The standard InChI is InChI=1S/C18H21O3.ClHO4/c1-5-20-14-10-17-15(18(2,3)11-14)9-12-8-13(19-4)6-7-16(12)21-17;2-1(3,4)5/h6-10H,5,11H2,1-4H3;(H,2,3,4,5)/q+1;/p-1. The third kappa shape index (κ3) is 5.30. The maximum Gasteiger partial charge on any atom is 0.361 e. The van der Waals surface area contributed by atoms with Crippen LogP contribution in [0.3, 0.4) is 0 Å². The van der Waals surface area contributed by atoms with Crippen molar-refractivity contribution in [2.75, 3.05) is 13.7 Å². The monoisotopic (exact) mass is 384 g/mol. The van der Waals surface area contributed by atoms with E-state index in [9.17, 15) is 0 Å². The number of allylic oxidation sites excluding steroid dienone is 1. The van der Waals surface area contributed by atoms with E-state index in [1.807, 2.05) is 31.2 Å². The molecule has 0 atom stereocenters. The van der Waals surface area contributed by atoms with E-state index in [1.54, 1.807) is 7.11 Å². The summed E-state index contributed by atoms with van der Waals surface area (Å²) in [6.45, 7) is 7.13. The van der Waals surface area contributed by atoms with E-state index in [0.29, 0.717) is 6.61 Å². The van der Waals surface area contributed by atoms with Gasteiger partial charge in [-0.05, 0) is 25.1 Å².